The van der Waals surface area contributed by atoms with Crippen LogP contribution in [0.15, 0.2) is 60.7 Å². The predicted molar refractivity (Wildman–Crippen MR) is 128 cm³/mol. The highest BCUT2D eigenvalue weighted by Crippen LogP contribution is 2.27. The lowest BCUT2D eigenvalue weighted by atomic mass is 9.92. The van der Waals surface area contributed by atoms with Gasteiger partial charge in [-0.15, -0.1) is 0 Å². The smallest absolute Gasteiger partial charge is 0.244 e. The fraction of sp³-hybridized carbons (Fsp3) is 0.346. The molecule has 0 saturated heterocycles. The molecule has 6 nitrogen and oxygen atoms in total. The summed E-state index contributed by atoms with van der Waals surface area (Å²) in [4.78, 5) is 25.4. The Morgan fingerprint density at radius 1 is 1.03 bits per heavy atom. The van der Waals surface area contributed by atoms with Crippen LogP contribution in [0.25, 0.3) is 5.69 Å². The lowest BCUT2D eigenvalue weighted by molar-refractivity contribution is -0.125. The molecular weight excluding hydrogens is 400 g/mol. The molecule has 1 aromatic heterocycles. The molecule has 0 aliphatic carbocycles. The summed E-state index contributed by atoms with van der Waals surface area (Å²) in [5.41, 5.74) is 3.59. The highest BCUT2D eigenvalue weighted by Gasteiger charge is 2.23. The van der Waals surface area contributed by atoms with E-state index in [9.17, 15) is 9.59 Å². The monoisotopic (exact) mass is 432 g/mol. The van der Waals surface area contributed by atoms with E-state index >= 15 is 0 Å². The largest absolute Gasteiger partial charge is 0.346 e. The van der Waals surface area contributed by atoms with E-state index in [2.05, 4.69) is 31.4 Å². The van der Waals surface area contributed by atoms with Gasteiger partial charge < -0.3 is 10.6 Å². The Hall–Kier alpha value is -3.41. The van der Waals surface area contributed by atoms with Crippen LogP contribution in [-0.4, -0.2) is 28.1 Å². The number of aryl methyl sites for hydroxylation is 1. The molecule has 2 aromatic carbocycles. The summed E-state index contributed by atoms with van der Waals surface area (Å²) in [5.74, 6) is -0.152. The molecule has 0 aliphatic heterocycles. The third-order valence-electron chi connectivity index (χ3n) is 5.44. The van der Waals surface area contributed by atoms with Gasteiger partial charge in [0.2, 0.25) is 11.8 Å². The van der Waals surface area contributed by atoms with E-state index in [1.54, 1.807) is 4.68 Å². The number of nitrogens with zero attached hydrogens (tertiary/aromatic N) is 2. The van der Waals surface area contributed by atoms with Crippen molar-refractivity contribution in [1.82, 2.24) is 15.1 Å². The average Bonchev–Trinajstić information content (AvgIpc) is 3.18. The van der Waals surface area contributed by atoms with Gasteiger partial charge >= 0.3 is 0 Å². The topological polar surface area (TPSA) is 76.0 Å². The molecule has 6 heteroatoms. The van der Waals surface area contributed by atoms with Crippen molar-refractivity contribution in [3.05, 3.63) is 77.5 Å². The molecule has 0 fully saturated rings. The summed E-state index contributed by atoms with van der Waals surface area (Å²) in [6.07, 6.45) is 0.659. The maximum atomic E-state index is 12.7. The summed E-state index contributed by atoms with van der Waals surface area (Å²) in [5, 5.41) is 10.5. The Bertz CT molecular complexity index is 1080. The van der Waals surface area contributed by atoms with E-state index in [1.165, 1.54) is 0 Å². The quantitative estimate of drug-likeness (QED) is 0.567. The van der Waals surface area contributed by atoms with Gasteiger partial charge in [-0.25, -0.2) is 4.68 Å². The third-order valence-corrected chi connectivity index (χ3v) is 5.44. The van der Waals surface area contributed by atoms with Crippen molar-refractivity contribution >= 4 is 17.6 Å². The SMILES string of the molecule is CCC(C(=O)NCC(=O)Nc1cc(C(C)(C)C)nn1-c1ccccc1C)c1ccccc1. The van der Waals surface area contributed by atoms with Crippen molar-refractivity contribution in [3.63, 3.8) is 0 Å². The van der Waals surface area contributed by atoms with Gasteiger partial charge in [-0.2, -0.15) is 5.10 Å². The van der Waals surface area contributed by atoms with Crippen LogP contribution >= 0.6 is 0 Å². The Labute approximate surface area is 190 Å². The lowest BCUT2D eigenvalue weighted by Gasteiger charge is -2.15. The number of benzene rings is 2. The Morgan fingerprint density at radius 2 is 1.69 bits per heavy atom. The standard InChI is InChI=1S/C26H32N4O2/c1-6-20(19-13-8-7-9-14-19)25(32)27-17-24(31)28-23-16-22(26(3,4)5)29-30(23)21-15-11-10-12-18(21)2/h7-16,20H,6,17H2,1-5H3,(H,27,32)(H,28,31). The van der Waals surface area contributed by atoms with E-state index in [-0.39, 0.29) is 29.7 Å². The maximum absolute atomic E-state index is 12.7. The first-order valence-corrected chi connectivity index (χ1v) is 11.0. The molecule has 0 saturated carbocycles. The van der Waals surface area contributed by atoms with Crippen LogP contribution in [0.4, 0.5) is 5.82 Å². The minimum atomic E-state index is -0.295. The average molecular weight is 433 g/mol. The van der Waals surface area contributed by atoms with E-state index in [0.717, 1.165) is 22.5 Å². The Kier molecular flexibility index (Phi) is 7.13. The molecule has 3 aromatic rings. The summed E-state index contributed by atoms with van der Waals surface area (Å²) in [6.45, 7) is 10.1. The molecule has 3 rings (SSSR count). The second kappa shape index (κ2) is 9.81. The second-order valence-electron chi connectivity index (χ2n) is 9.00. The molecular formula is C26H32N4O2. The number of aromatic nitrogens is 2. The van der Waals surface area contributed by atoms with Gasteiger partial charge in [0.1, 0.15) is 5.82 Å². The molecule has 32 heavy (non-hydrogen) atoms. The normalized spacial score (nSPS) is 12.3. The summed E-state index contributed by atoms with van der Waals surface area (Å²) >= 11 is 0. The first kappa shape index (κ1) is 23.3. The first-order valence-electron chi connectivity index (χ1n) is 11.0. The van der Waals surface area contributed by atoms with Crippen molar-refractivity contribution in [1.29, 1.82) is 0 Å². The number of amides is 2. The van der Waals surface area contributed by atoms with Crippen molar-refractivity contribution in [2.45, 2.75) is 52.4 Å². The van der Waals surface area contributed by atoms with Gasteiger partial charge in [0.05, 0.1) is 23.8 Å². The molecule has 0 aliphatic rings. The lowest BCUT2D eigenvalue weighted by Crippen LogP contribution is -2.36. The molecule has 0 spiro atoms. The number of nitrogens with one attached hydrogen (secondary N) is 2. The van der Waals surface area contributed by atoms with Gasteiger partial charge in [-0.3, -0.25) is 9.59 Å². The van der Waals surface area contributed by atoms with Gasteiger partial charge in [0, 0.05) is 11.5 Å². The molecule has 2 amide bonds. The van der Waals surface area contributed by atoms with E-state index in [4.69, 9.17) is 5.10 Å². The number of carbonyl (C=O) groups excluding carboxylic acids is 2. The van der Waals surface area contributed by atoms with Crippen LogP contribution in [0, 0.1) is 6.92 Å². The zero-order chi connectivity index (χ0) is 23.3. The summed E-state index contributed by atoms with van der Waals surface area (Å²) < 4.78 is 1.76. The Morgan fingerprint density at radius 3 is 2.31 bits per heavy atom. The van der Waals surface area contributed by atoms with Crippen LogP contribution in [0.3, 0.4) is 0 Å². The van der Waals surface area contributed by atoms with E-state index in [1.807, 2.05) is 74.5 Å². The van der Waals surface area contributed by atoms with E-state index in [0.29, 0.717) is 12.2 Å². The highest BCUT2D eigenvalue weighted by molar-refractivity contribution is 5.95. The molecule has 168 valence electrons. The fourth-order valence-electron chi connectivity index (χ4n) is 3.56. The maximum Gasteiger partial charge on any atom is 0.244 e. The van der Waals surface area contributed by atoms with Crippen molar-refractivity contribution < 1.29 is 9.59 Å². The predicted octanol–water partition coefficient (Wildman–Crippen LogP) is 4.73. The summed E-state index contributed by atoms with van der Waals surface area (Å²) in [7, 11) is 0. The van der Waals surface area contributed by atoms with Crippen molar-refractivity contribution in [2.75, 3.05) is 11.9 Å². The van der Waals surface area contributed by atoms with Crippen LogP contribution in [0.5, 0.6) is 0 Å². The summed E-state index contributed by atoms with van der Waals surface area (Å²) in [6, 6.07) is 19.4. The van der Waals surface area contributed by atoms with Gasteiger partial charge in [-0.05, 0) is 30.5 Å². The minimum absolute atomic E-state index is 0.105. The third kappa shape index (κ3) is 5.44. The van der Waals surface area contributed by atoms with Crippen LogP contribution < -0.4 is 10.6 Å². The number of anilines is 1. The number of hydrogen-bond acceptors (Lipinski definition) is 3. The highest BCUT2D eigenvalue weighted by atomic mass is 16.2. The zero-order valence-corrected chi connectivity index (χ0v) is 19.5. The van der Waals surface area contributed by atoms with Crippen molar-refractivity contribution in [2.24, 2.45) is 0 Å². The molecule has 0 bridgehead atoms. The number of hydrogen-bond donors (Lipinski definition) is 2. The van der Waals surface area contributed by atoms with Crippen LogP contribution in [-0.2, 0) is 15.0 Å². The Balaban J connectivity index is 1.75. The van der Waals surface area contributed by atoms with Gasteiger partial charge in [-0.1, -0.05) is 76.2 Å². The van der Waals surface area contributed by atoms with Gasteiger partial charge in [0.25, 0.3) is 0 Å². The molecule has 2 N–H and O–H groups in total. The second-order valence-corrected chi connectivity index (χ2v) is 9.00. The van der Waals surface area contributed by atoms with Crippen LogP contribution in [0.1, 0.15) is 56.9 Å². The molecule has 1 heterocycles. The zero-order valence-electron chi connectivity index (χ0n) is 19.5. The van der Waals surface area contributed by atoms with Crippen LogP contribution in [0.2, 0.25) is 0 Å². The number of carbonyl (C=O) groups is 2. The van der Waals surface area contributed by atoms with Gasteiger partial charge in [0.15, 0.2) is 0 Å². The molecule has 0 radical (unpaired) electrons. The first-order chi connectivity index (χ1) is 15.2. The van der Waals surface area contributed by atoms with E-state index < -0.39 is 0 Å². The number of para-hydroxylation sites is 1. The van der Waals surface area contributed by atoms with Crippen molar-refractivity contribution in [3.8, 4) is 5.69 Å². The number of rotatable bonds is 7. The molecule has 1 atom stereocenters. The fourth-order valence-corrected chi connectivity index (χ4v) is 3.56. The molecule has 1 unspecified atom stereocenters. The minimum Gasteiger partial charge on any atom is -0.346 e.